The van der Waals surface area contributed by atoms with E-state index in [4.69, 9.17) is 11.6 Å². The fourth-order valence-electron chi connectivity index (χ4n) is 3.04. The van der Waals surface area contributed by atoms with Crippen LogP contribution in [0.1, 0.15) is 31.3 Å². The third kappa shape index (κ3) is 4.67. The van der Waals surface area contributed by atoms with Gasteiger partial charge in [-0.05, 0) is 51.1 Å². The number of amides is 1. The molecule has 1 aliphatic heterocycles. The van der Waals surface area contributed by atoms with E-state index in [0.717, 1.165) is 42.6 Å². The molecule has 1 aromatic carbocycles. The maximum absolute atomic E-state index is 12.4. The standard InChI is InChI=1S/C20H25ClN4O/c1-20(2,3)23-19(26)18-14-17(7-8-22-18)25-11-9-24(10-12-25)16-6-4-5-15(21)13-16/h4-8,13-14H,9-12H2,1-3H3,(H,23,26). The van der Waals surface area contributed by atoms with Crippen LogP contribution in [0.3, 0.4) is 0 Å². The van der Waals surface area contributed by atoms with Crippen molar-refractivity contribution in [2.75, 3.05) is 36.0 Å². The highest BCUT2D eigenvalue weighted by Gasteiger charge is 2.20. The molecule has 138 valence electrons. The first-order valence-corrected chi connectivity index (χ1v) is 9.24. The molecule has 0 saturated carbocycles. The van der Waals surface area contributed by atoms with Gasteiger partial charge in [-0.2, -0.15) is 0 Å². The zero-order valence-electron chi connectivity index (χ0n) is 15.5. The lowest BCUT2D eigenvalue weighted by Gasteiger charge is -2.37. The molecule has 0 aliphatic carbocycles. The minimum absolute atomic E-state index is 0.142. The molecule has 0 unspecified atom stereocenters. The van der Waals surface area contributed by atoms with Crippen molar-refractivity contribution in [2.45, 2.75) is 26.3 Å². The van der Waals surface area contributed by atoms with E-state index in [1.165, 1.54) is 0 Å². The molecule has 1 aliphatic rings. The SMILES string of the molecule is CC(C)(C)NC(=O)c1cc(N2CCN(c3cccc(Cl)c3)CC2)ccn1. The van der Waals surface area contributed by atoms with Gasteiger partial charge in [0.15, 0.2) is 0 Å². The monoisotopic (exact) mass is 372 g/mol. The molecular weight excluding hydrogens is 348 g/mol. The molecule has 2 heterocycles. The second-order valence-corrected chi connectivity index (χ2v) is 7.99. The summed E-state index contributed by atoms with van der Waals surface area (Å²) in [6.45, 7) is 9.48. The zero-order chi connectivity index (χ0) is 18.7. The van der Waals surface area contributed by atoms with Crippen molar-refractivity contribution in [2.24, 2.45) is 0 Å². The lowest BCUT2D eigenvalue weighted by molar-refractivity contribution is 0.0914. The van der Waals surface area contributed by atoms with Crippen molar-refractivity contribution in [3.8, 4) is 0 Å². The largest absolute Gasteiger partial charge is 0.368 e. The maximum Gasteiger partial charge on any atom is 0.270 e. The lowest BCUT2D eigenvalue weighted by Crippen LogP contribution is -2.46. The van der Waals surface area contributed by atoms with Crippen molar-refractivity contribution in [1.82, 2.24) is 10.3 Å². The number of nitrogens with zero attached hydrogens (tertiary/aromatic N) is 3. The number of hydrogen-bond acceptors (Lipinski definition) is 4. The van der Waals surface area contributed by atoms with Crippen molar-refractivity contribution < 1.29 is 4.79 Å². The molecular formula is C20H25ClN4O. The van der Waals surface area contributed by atoms with Gasteiger partial charge >= 0.3 is 0 Å². The lowest BCUT2D eigenvalue weighted by atomic mass is 10.1. The van der Waals surface area contributed by atoms with Crippen LogP contribution in [0.5, 0.6) is 0 Å². The molecule has 2 aromatic rings. The van der Waals surface area contributed by atoms with Gasteiger partial charge in [0, 0.05) is 54.3 Å². The van der Waals surface area contributed by atoms with E-state index < -0.39 is 0 Å². The summed E-state index contributed by atoms with van der Waals surface area (Å²) in [4.78, 5) is 21.2. The minimum atomic E-state index is -0.280. The highest BCUT2D eigenvalue weighted by atomic mass is 35.5. The molecule has 0 bridgehead atoms. The number of carbonyl (C=O) groups excluding carboxylic acids is 1. The number of benzene rings is 1. The number of anilines is 2. The van der Waals surface area contributed by atoms with Crippen LogP contribution < -0.4 is 15.1 Å². The fraction of sp³-hybridized carbons (Fsp3) is 0.400. The number of rotatable bonds is 3. The summed E-state index contributed by atoms with van der Waals surface area (Å²) >= 11 is 6.10. The first kappa shape index (κ1) is 18.5. The molecule has 6 heteroatoms. The highest BCUT2D eigenvalue weighted by molar-refractivity contribution is 6.30. The van der Waals surface area contributed by atoms with Gasteiger partial charge in [0.1, 0.15) is 5.69 Å². The number of piperazine rings is 1. The minimum Gasteiger partial charge on any atom is -0.368 e. The predicted octanol–water partition coefficient (Wildman–Crippen LogP) is 3.59. The van der Waals surface area contributed by atoms with Gasteiger partial charge in [-0.25, -0.2) is 0 Å². The Morgan fingerprint density at radius 2 is 1.65 bits per heavy atom. The second-order valence-electron chi connectivity index (χ2n) is 7.56. The van der Waals surface area contributed by atoms with Crippen LogP contribution in [0.25, 0.3) is 0 Å². The van der Waals surface area contributed by atoms with Gasteiger partial charge < -0.3 is 15.1 Å². The van der Waals surface area contributed by atoms with Crippen LogP contribution in [0.15, 0.2) is 42.6 Å². The molecule has 1 amide bonds. The molecule has 1 fully saturated rings. The molecule has 0 atom stereocenters. The van der Waals surface area contributed by atoms with Crippen LogP contribution in [0, 0.1) is 0 Å². The summed E-state index contributed by atoms with van der Waals surface area (Å²) in [6.07, 6.45) is 1.70. The van der Waals surface area contributed by atoms with Crippen LogP contribution in [-0.4, -0.2) is 42.6 Å². The third-order valence-electron chi connectivity index (χ3n) is 4.28. The summed E-state index contributed by atoms with van der Waals surface area (Å²) in [5.41, 5.74) is 2.36. The Balaban J connectivity index is 1.66. The van der Waals surface area contributed by atoms with Gasteiger partial charge in [-0.3, -0.25) is 9.78 Å². The van der Waals surface area contributed by atoms with E-state index >= 15 is 0 Å². The average Bonchev–Trinajstić information content (AvgIpc) is 2.60. The molecule has 26 heavy (non-hydrogen) atoms. The summed E-state index contributed by atoms with van der Waals surface area (Å²) in [6, 6.07) is 11.8. The molecule has 3 rings (SSSR count). The third-order valence-corrected chi connectivity index (χ3v) is 4.52. The normalized spacial score (nSPS) is 15.1. The van der Waals surface area contributed by atoms with E-state index in [1.807, 2.05) is 51.1 Å². The quantitative estimate of drug-likeness (QED) is 0.894. The average molecular weight is 373 g/mol. The van der Waals surface area contributed by atoms with Crippen molar-refractivity contribution >= 4 is 28.9 Å². The summed E-state index contributed by atoms with van der Waals surface area (Å²) < 4.78 is 0. The highest BCUT2D eigenvalue weighted by Crippen LogP contribution is 2.23. The van der Waals surface area contributed by atoms with Crippen molar-refractivity contribution in [1.29, 1.82) is 0 Å². The molecule has 1 N–H and O–H groups in total. The number of carbonyl (C=O) groups is 1. The Kier molecular flexibility index (Phi) is 5.37. The first-order chi connectivity index (χ1) is 12.3. The van der Waals surface area contributed by atoms with Crippen molar-refractivity contribution in [3.63, 3.8) is 0 Å². The molecule has 0 radical (unpaired) electrons. The Bertz CT molecular complexity index is 779. The van der Waals surface area contributed by atoms with E-state index in [-0.39, 0.29) is 11.4 Å². The van der Waals surface area contributed by atoms with E-state index in [0.29, 0.717) is 5.69 Å². The summed E-state index contributed by atoms with van der Waals surface area (Å²) in [5.74, 6) is -0.142. The van der Waals surface area contributed by atoms with Crippen molar-refractivity contribution in [3.05, 3.63) is 53.3 Å². The topological polar surface area (TPSA) is 48.5 Å². The van der Waals surface area contributed by atoms with E-state index in [2.05, 4.69) is 26.2 Å². The van der Waals surface area contributed by atoms with Crippen LogP contribution in [0.4, 0.5) is 11.4 Å². The Morgan fingerprint density at radius 1 is 1.04 bits per heavy atom. The molecule has 0 spiro atoms. The fourth-order valence-corrected chi connectivity index (χ4v) is 3.23. The molecule has 1 saturated heterocycles. The van der Waals surface area contributed by atoms with Gasteiger partial charge in [0.05, 0.1) is 0 Å². The maximum atomic E-state index is 12.4. The van der Waals surface area contributed by atoms with Gasteiger partial charge in [-0.1, -0.05) is 17.7 Å². The van der Waals surface area contributed by atoms with Gasteiger partial charge in [-0.15, -0.1) is 0 Å². The Morgan fingerprint density at radius 3 is 2.23 bits per heavy atom. The Hall–Kier alpha value is -2.27. The first-order valence-electron chi connectivity index (χ1n) is 8.86. The second kappa shape index (κ2) is 7.54. The molecule has 5 nitrogen and oxygen atoms in total. The number of pyridine rings is 1. The van der Waals surface area contributed by atoms with Gasteiger partial charge in [0.25, 0.3) is 5.91 Å². The number of halogens is 1. The Labute approximate surface area is 160 Å². The number of aromatic nitrogens is 1. The number of nitrogens with one attached hydrogen (secondary N) is 1. The zero-order valence-corrected chi connectivity index (χ0v) is 16.3. The van der Waals surface area contributed by atoms with E-state index in [1.54, 1.807) is 6.20 Å². The van der Waals surface area contributed by atoms with E-state index in [9.17, 15) is 4.79 Å². The number of hydrogen-bond donors (Lipinski definition) is 1. The summed E-state index contributed by atoms with van der Waals surface area (Å²) in [5, 5.41) is 3.72. The van der Waals surface area contributed by atoms with Gasteiger partial charge in [0.2, 0.25) is 0 Å². The molecule has 1 aromatic heterocycles. The van der Waals surface area contributed by atoms with Crippen LogP contribution in [0.2, 0.25) is 5.02 Å². The predicted molar refractivity (Wildman–Crippen MR) is 107 cm³/mol. The van der Waals surface area contributed by atoms with Crippen LogP contribution >= 0.6 is 11.6 Å². The summed E-state index contributed by atoms with van der Waals surface area (Å²) in [7, 11) is 0. The smallest absolute Gasteiger partial charge is 0.270 e. The van der Waals surface area contributed by atoms with Crippen LogP contribution in [-0.2, 0) is 0 Å².